The third-order valence-corrected chi connectivity index (χ3v) is 1.10. The van der Waals surface area contributed by atoms with E-state index in [2.05, 4.69) is 11.3 Å². The predicted octanol–water partition coefficient (Wildman–Crippen LogP) is 3.03. The monoisotopic (exact) mass is 208 g/mol. The van der Waals surface area contributed by atoms with Crippen LogP contribution in [0.25, 0.3) is 0 Å². The largest absolute Gasteiger partial charge is 0.414 e. The molecule has 0 aliphatic heterocycles. The molecular formula is C6H6F6O. The smallest absolute Gasteiger partial charge is 0.302 e. The Morgan fingerprint density at radius 2 is 1.62 bits per heavy atom. The average Bonchev–Trinajstić information content (AvgIpc) is 1.83. The summed E-state index contributed by atoms with van der Waals surface area (Å²) in [5.41, 5.74) is 0. The maximum atomic E-state index is 12.1. The molecule has 0 aromatic heterocycles. The Balaban J connectivity index is 4.37. The van der Waals surface area contributed by atoms with E-state index in [1.54, 1.807) is 0 Å². The van der Waals surface area contributed by atoms with Crippen molar-refractivity contribution in [2.75, 3.05) is 0 Å². The molecule has 1 nitrogen and oxygen atoms in total. The SMILES string of the molecule is C=C(F)C(F)(F)OC(C)C(F)(F)F. The van der Waals surface area contributed by atoms with Crippen LogP contribution in [0.2, 0.25) is 0 Å². The zero-order valence-electron chi connectivity index (χ0n) is 6.46. The van der Waals surface area contributed by atoms with E-state index in [4.69, 9.17) is 0 Å². The lowest BCUT2D eigenvalue weighted by Gasteiger charge is -2.21. The summed E-state index contributed by atoms with van der Waals surface area (Å²) in [7, 11) is 0. The number of alkyl halides is 5. The Bertz CT molecular complexity index is 196. The van der Waals surface area contributed by atoms with Gasteiger partial charge in [-0.3, -0.25) is 0 Å². The fraction of sp³-hybridized carbons (Fsp3) is 0.667. The summed E-state index contributed by atoms with van der Waals surface area (Å²) >= 11 is 0. The van der Waals surface area contributed by atoms with Crippen molar-refractivity contribution in [3.8, 4) is 0 Å². The standard InChI is InChI=1S/C6H6F6O/c1-3(7)6(11,12)13-4(2)5(8,9)10/h4H,1H2,2H3. The van der Waals surface area contributed by atoms with E-state index in [9.17, 15) is 26.3 Å². The minimum absolute atomic E-state index is 0.344. The second kappa shape index (κ2) is 3.57. The van der Waals surface area contributed by atoms with Crippen molar-refractivity contribution in [1.82, 2.24) is 0 Å². The van der Waals surface area contributed by atoms with Crippen LogP contribution in [0.1, 0.15) is 6.92 Å². The van der Waals surface area contributed by atoms with E-state index in [1.165, 1.54) is 0 Å². The lowest BCUT2D eigenvalue weighted by Crippen LogP contribution is -2.36. The Labute approximate surface area is 70.0 Å². The molecule has 0 spiro atoms. The molecule has 0 aliphatic carbocycles. The summed E-state index contributed by atoms with van der Waals surface area (Å²) in [4.78, 5) is 0. The van der Waals surface area contributed by atoms with Gasteiger partial charge in [0.05, 0.1) is 0 Å². The third kappa shape index (κ3) is 3.67. The number of ether oxygens (including phenoxy) is 1. The Hall–Kier alpha value is -0.720. The summed E-state index contributed by atoms with van der Waals surface area (Å²) in [6.07, 6.45) is -12.3. The van der Waals surface area contributed by atoms with Gasteiger partial charge in [-0.25, -0.2) is 4.39 Å². The average molecular weight is 208 g/mol. The number of rotatable bonds is 3. The molecule has 0 fully saturated rings. The second-order valence-electron chi connectivity index (χ2n) is 2.22. The van der Waals surface area contributed by atoms with Crippen molar-refractivity contribution in [2.45, 2.75) is 25.3 Å². The molecule has 0 radical (unpaired) electrons. The number of hydrogen-bond acceptors (Lipinski definition) is 1. The second-order valence-corrected chi connectivity index (χ2v) is 2.22. The molecule has 0 heterocycles. The summed E-state index contributed by atoms with van der Waals surface area (Å²) in [6.45, 7) is 2.50. The lowest BCUT2D eigenvalue weighted by molar-refractivity contribution is -0.309. The van der Waals surface area contributed by atoms with Gasteiger partial charge in [-0.15, -0.1) is 0 Å². The molecule has 78 valence electrons. The topological polar surface area (TPSA) is 9.23 Å². The molecule has 0 amide bonds. The van der Waals surface area contributed by atoms with Crippen molar-refractivity contribution >= 4 is 0 Å². The Morgan fingerprint density at radius 3 is 1.85 bits per heavy atom. The quantitative estimate of drug-likeness (QED) is 0.647. The van der Waals surface area contributed by atoms with E-state index in [1.807, 2.05) is 0 Å². The molecule has 0 aromatic carbocycles. The first kappa shape index (κ1) is 12.3. The highest BCUT2D eigenvalue weighted by Gasteiger charge is 2.46. The summed E-state index contributed by atoms with van der Waals surface area (Å²) in [5, 5.41) is 0. The zero-order chi connectivity index (χ0) is 10.9. The fourth-order valence-corrected chi connectivity index (χ4v) is 0.353. The van der Waals surface area contributed by atoms with Gasteiger partial charge in [-0.05, 0) is 6.92 Å². The van der Waals surface area contributed by atoms with Crippen molar-refractivity contribution < 1.29 is 31.1 Å². The molecule has 7 heteroatoms. The zero-order valence-corrected chi connectivity index (χ0v) is 6.46. The summed E-state index contributed by atoms with van der Waals surface area (Å²) in [6, 6.07) is 0. The van der Waals surface area contributed by atoms with Gasteiger partial charge in [0.15, 0.2) is 11.9 Å². The molecule has 0 aromatic rings. The molecule has 1 atom stereocenters. The number of hydrogen-bond donors (Lipinski definition) is 0. The van der Waals surface area contributed by atoms with Gasteiger partial charge < -0.3 is 4.74 Å². The van der Waals surface area contributed by atoms with E-state index < -0.39 is 24.2 Å². The van der Waals surface area contributed by atoms with Crippen LogP contribution in [0.5, 0.6) is 0 Å². The maximum Gasteiger partial charge on any atom is 0.414 e. The highest BCUT2D eigenvalue weighted by atomic mass is 19.4. The highest BCUT2D eigenvalue weighted by Crippen LogP contribution is 2.32. The maximum absolute atomic E-state index is 12.1. The Morgan fingerprint density at radius 1 is 1.23 bits per heavy atom. The first-order valence-corrected chi connectivity index (χ1v) is 3.04. The molecule has 0 saturated heterocycles. The van der Waals surface area contributed by atoms with Crippen LogP contribution < -0.4 is 0 Å². The van der Waals surface area contributed by atoms with Crippen molar-refractivity contribution in [2.24, 2.45) is 0 Å². The van der Waals surface area contributed by atoms with Crippen LogP contribution in [0.4, 0.5) is 26.3 Å². The minimum Gasteiger partial charge on any atom is -0.302 e. The van der Waals surface area contributed by atoms with E-state index >= 15 is 0 Å². The van der Waals surface area contributed by atoms with Crippen molar-refractivity contribution in [3.63, 3.8) is 0 Å². The molecular weight excluding hydrogens is 202 g/mol. The molecule has 0 aliphatic rings. The van der Waals surface area contributed by atoms with Gasteiger partial charge in [-0.1, -0.05) is 6.58 Å². The number of halogens is 6. The Kier molecular flexibility index (Phi) is 3.37. The highest BCUT2D eigenvalue weighted by molar-refractivity contribution is 4.91. The van der Waals surface area contributed by atoms with Crippen LogP contribution in [0.15, 0.2) is 12.4 Å². The van der Waals surface area contributed by atoms with Crippen LogP contribution >= 0.6 is 0 Å². The fourth-order valence-electron chi connectivity index (χ4n) is 0.353. The first-order valence-electron chi connectivity index (χ1n) is 3.04. The van der Waals surface area contributed by atoms with E-state index in [0.717, 1.165) is 0 Å². The minimum atomic E-state index is -4.96. The molecule has 0 rings (SSSR count). The van der Waals surface area contributed by atoms with Gasteiger partial charge in [-0.2, -0.15) is 22.0 Å². The van der Waals surface area contributed by atoms with E-state index in [0.29, 0.717) is 6.92 Å². The normalized spacial score (nSPS) is 15.6. The molecule has 0 saturated carbocycles. The first-order chi connectivity index (χ1) is 5.57. The van der Waals surface area contributed by atoms with Crippen LogP contribution in [0.3, 0.4) is 0 Å². The molecule has 0 bridgehead atoms. The molecule has 1 unspecified atom stereocenters. The van der Waals surface area contributed by atoms with Gasteiger partial charge in [0.2, 0.25) is 0 Å². The van der Waals surface area contributed by atoms with Gasteiger partial charge in [0.25, 0.3) is 0 Å². The predicted molar refractivity (Wildman–Crippen MR) is 31.8 cm³/mol. The summed E-state index contributed by atoms with van der Waals surface area (Å²) < 4.78 is 74.1. The van der Waals surface area contributed by atoms with E-state index in [-0.39, 0.29) is 0 Å². The van der Waals surface area contributed by atoms with Crippen LogP contribution in [-0.4, -0.2) is 18.4 Å². The van der Waals surface area contributed by atoms with Gasteiger partial charge in [0, 0.05) is 0 Å². The molecule has 13 heavy (non-hydrogen) atoms. The molecule has 0 N–H and O–H groups in total. The van der Waals surface area contributed by atoms with Crippen molar-refractivity contribution in [3.05, 3.63) is 12.4 Å². The summed E-state index contributed by atoms with van der Waals surface area (Å²) in [5.74, 6) is -2.26. The lowest BCUT2D eigenvalue weighted by atomic mass is 10.4. The van der Waals surface area contributed by atoms with Gasteiger partial charge in [0.1, 0.15) is 0 Å². The third-order valence-electron chi connectivity index (χ3n) is 1.10. The van der Waals surface area contributed by atoms with Gasteiger partial charge >= 0.3 is 12.3 Å². The van der Waals surface area contributed by atoms with Crippen LogP contribution in [0, 0.1) is 0 Å². The van der Waals surface area contributed by atoms with Crippen molar-refractivity contribution in [1.29, 1.82) is 0 Å². The van der Waals surface area contributed by atoms with Crippen LogP contribution in [-0.2, 0) is 4.74 Å².